The summed E-state index contributed by atoms with van der Waals surface area (Å²) in [6.45, 7) is 0. The maximum absolute atomic E-state index is 10.5. The zero-order valence-corrected chi connectivity index (χ0v) is 12.3. The number of rotatable bonds is 4. The molecule has 1 heterocycles. The van der Waals surface area contributed by atoms with Crippen LogP contribution in [0.3, 0.4) is 0 Å². The van der Waals surface area contributed by atoms with E-state index in [0.717, 1.165) is 14.6 Å². The largest absolute Gasteiger partial charge is 0.481 e. The summed E-state index contributed by atoms with van der Waals surface area (Å²) >= 11 is 6.83. The maximum atomic E-state index is 10.5. The summed E-state index contributed by atoms with van der Waals surface area (Å²) in [4.78, 5) is 10.5. The van der Waals surface area contributed by atoms with Crippen molar-refractivity contribution in [2.75, 3.05) is 0 Å². The van der Waals surface area contributed by atoms with Crippen LogP contribution in [0.15, 0.2) is 33.3 Å². The van der Waals surface area contributed by atoms with Crippen LogP contribution < -0.4 is 0 Å². The van der Waals surface area contributed by atoms with Gasteiger partial charge in [0, 0.05) is 15.4 Å². The molecule has 1 N–H and O–H groups in total. The Labute approximate surface area is 120 Å². The number of aliphatic carboxylic acids is 1. The number of aryl methyl sites for hydroxylation is 1. The summed E-state index contributed by atoms with van der Waals surface area (Å²) in [5.74, 6) is -0.840. The third-order valence-corrected chi connectivity index (χ3v) is 3.45. The van der Waals surface area contributed by atoms with E-state index in [9.17, 15) is 4.79 Å². The Morgan fingerprint density at radius 1 is 1.39 bits per heavy atom. The molecule has 18 heavy (non-hydrogen) atoms. The van der Waals surface area contributed by atoms with Gasteiger partial charge in [0.2, 0.25) is 0 Å². The van der Waals surface area contributed by atoms with Crippen LogP contribution in [0, 0.1) is 0 Å². The highest BCUT2D eigenvalue weighted by atomic mass is 79.9. The molecule has 0 aliphatic carbocycles. The minimum atomic E-state index is -0.840. The van der Waals surface area contributed by atoms with Gasteiger partial charge in [-0.2, -0.15) is 0 Å². The Kier molecular flexibility index (Phi) is 4.13. The van der Waals surface area contributed by atoms with Gasteiger partial charge in [0.15, 0.2) is 0 Å². The van der Waals surface area contributed by atoms with Crippen LogP contribution in [-0.2, 0) is 11.2 Å². The Morgan fingerprint density at radius 3 is 2.89 bits per heavy atom. The van der Waals surface area contributed by atoms with E-state index in [2.05, 4.69) is 42.2 Å². The number of nitrogens with zero attached hydrogens (tertiary/aromatic N) is 3. The second-order valence-electron chi connectivity index (χ2n) is 3.64. The van der Waals surface area contributed by atoms with Crippen molar-refractivity contribution in [2.45, 2.75) is 12.8 Å². The number of aromatic nitrogens is 3. The third-order valence-electron chi connectivity index (χ3n) is 2.29. The van der Waals surface area contributed by atoms with Gasteiger partial charge < -0.3 is 5.11 Å². The first-order valence-electron chi connectivity index (χ1n) is 5.14. The standard InChI is InChI=1S/C11H9Br2N3O2/c12-7-1-3-9(13)10(5-7)16-6-8(14-15-16)2-4-11(17)18/h1,3,5-6H,2,4H2,(H,17,18). The number of hydrogen-bond acceptors (Lipinski definition) is 3. The number of benzene rings is 1. The lowest BCUT2D eigenvalue weighted by molar-refractivity contribution is -0.136. The minimum absolute atomic E-state index is 0.0539. The predicted octanol–water partition coefficient (Wildman–Crippen LogP) is 2.81. The summed E-state index contributed by atoms with van der Waals surface area (Å²) in [6, 6.07) is 5.72. The van der Waals surface area contributed by atoms with Crippen molar-refractivity contribution in [3.8, 4) is 5.69 Å². The van der Waals surface area contributed by atoms with Crippen LogP contribution in [0.2, 0.25) is 0 Å². The Hall–Kier alpha value is -1.21. The highest BCUT2D eigenvalue weighted by molar-refractivity contribution is 9.11. The monoisotopic (exact) mass is 373 g/mol. The van der Waals surface area contributed by atoms with Crippen LogP contribution in [0.5, 0.6) is 0 Å². The summed E-state index contributed by atoms with van der Waals surface area (Å²) in [6.07, 6.45) is 2.16. The van der Waals surface area contributed by atoms with Crippen LogP contribution in [0.4, 0.5) is 0 Å². The lowest BCUT2D eigenvalue weighted by atomic mass is 10.2. The van der Waals surface area contributed by atoms with Gasteiger partial charge in [-0.15, -0.1) is 5.10 Å². The average Bonchev–Trinajstić information content (AvgIpc) is 2.78. The topological polar surface area (TPSA) is 68.0 Å². The number of carboxylic acids is 1. The van der Waals surface area contributed by atoms with Crippen molar-refractivity contribution in [1.29, 1.82) is 0 Å². The third kappa shape index (κ3) is 3.17. The van der Waals surface area contributed by atoms with E-state index in [4.69, 9.17) is 5.11 Å². The van der Waals surface area contributed by atoms with Gasteiger partial charge in [0.1, 0.15) is 0 Å². The van der Waals surface area contributed by atoms with Gasteiger partial charge in [-0.25, -0.2) is 4.68 Å². The fourth-order valence-corrected chi connectivity index (χ4v) is 2.20. The highest BCUT2D eigenvalue weighted by Gasteiger charge is 2.08. The van der Waals surface area contributed by atoms with Gasteiger partial charge in [0.25, 0.3) is 0 Å². The first-order chi connectivity index (χ1) is 8.56. The van der Waals surface area contributed by atoms with Crippen molar-refractivity contribution in [2.24, 2.45) is 0 Å². The molecule has 0 saturated heterocycles. The molecule has 0 unspecified atom stereocenters. The molecule has 0 bridgehead atoms. The molecule has 1 aromatic heterocycles. The molecule has 0 saturated carbocycles. The van der Waals surface area contributed by atoms with E-state index in [1.165, 1.54) is 0 Å². The number of carbonyl (C=O) groups is 1. The van der Waals surface area contributed by atoms with Crippen LogP contribution >= 0.6 is 31.9 Å². The van der Waals surface area contributed by atoms with Crippen LogP contribution in [-0.4, -0.2) is 26.1 Å². The van der Waals surface area contributed by atoms with Crippen molar-refractivity contribution in [3.63, 3.8) is 0 Å². The van der Waals surface area contributed by atoms with Crippen LogP contribution in [0.1, 0.15) is 12.1 Å². The Bertz CT molecular complexity index is 583. The molecule has 0 fully saturated rings. The molecule has 0 spiro atoms. The van der Waals surface area contributed by atoms with Crippen molar-refractivity contribution in [1.82, 2.24) is 15.0 Å². The second kappa shape index (κ2) is 5.62. The van der Waals surface area contributed by atoms with Gasteiger partial charge in [-0.05, 0) is 34.1 Å². The van der Waals surface area contributed by atoms with Crippen molar-refractivity contribution >= 4 is 37.8 Å². The fourth-order valence-electron chi connectivity index (χ4n) is 1.43. The first kappa shape index (κ1) is 13.2. The predicted molar refractivity (Wildman–Crippen MR) is 72.7 cm³/mol. The Balaban J connectivity index is 2.23. The number of halogens is 2. The molecule has 0 radical (unpaired) electrons. The molecule has 0 amide bonds. The fraction of sp³-hybridized carbons (Fsp3) is 0.182. The molecular formula is C11H9Br2N3O2. The zero-order chi connectivity index (χ0) is 13.1. The van der Waals surface area contributed by atoms with E-state index in [1.807, 2.05) is 18.2 Å². The van der Waals surface area contributed by atoms with Gasteiger partial charge in [-0.1, -0.05) is 21.1 Å². The van der Waals surface area contributed by atoms with Gasteiger partial charge >= 0.3 is 5.97 Å². The quantitative estimate of drug-likeness (QED) is 0.893. The summed E-state index contributed by atoms with van der Waals surface area (Å²) in [7, 11) is 0. The smallest absolute Gasteiger partial charge is 0.303 e. The normalized spacial score (nSPS) is 10.6. The second-order valence-corrected chi connectivity index (χ2v) is 5.41. The van der Waals surface area contributed by atoms with Crippen molar-refractivity contribution in [3.05, 3.63) is 39.0 Å². The Morgan fingerprint density at radius 2 is 2.17 bits per heavy atom. The van der Waals surface area contributed by atoms with Crippen LogP contribution in [0.25, 0.3) is 5.69 Å². The summed E-state index contributed by atoms with van der Waals surface area (Å²) < 4.78 is 3.44. The molecule has 1 aromatic carbocycles. The lowest BCUT2D eigenvalue weighted by Crippen LogP contribution is -1.97. The number of hydrogen-bond donors (Lipinski definition) is 1. The van der Waals surface area contributed by atoms with Crippen molar-refractivity contribution < 1.29 is 9.90 Å². The molecular weight excluding hydrogens is 366 g/mol. The molecule has 0 aliphatic heterocycles. The van der Waals surface area contributed by atoms with E-state index in [0.29, 0.717) is 12.1 Å². The summed E-state index contributed by atoms with van der Waals surface area (Å²) in [5.41, 5.74) is 1.50. The summed E-state index contributed by atoms with van der Waals surface area (Å²) in [5, 5.41) is 16.5. The molecule has 7 heteroatoms. The maximum Gasteiger partial charge on any atom is 0.303 e. The molecule has 0 atom stereocenters. The number of carboxylic acid groups (broad SMARTS) is 1. The van der Waals surface area contributed by atoms with Gasteiger partial charge in [-0.3, -0.25) is 4.79 Å². The molecule has 5 nitrogen and oxygen atoms in total. The van der Waals surface area contributed by atoms with E-state index in [-0.39, 0.29) is 6.42 Å². The van der Waals surface area contributed by atoms with E-state index >= 15 is 0 Å². The lowest BCUT2D eigenvalue weighted by Gasteiger charge is -2.03. The minimum Gasteiger partial charge on any atom is -0.481 e. The highest BCUT2D eigenvalue weighted by Crippen LogP contribution is 2.24. The first-order valence-corrected chi connectivity index (χ1v) is 6.73. The SMILES string of the molecule is O=C(O)CCc1cn(-c2cc(Br)ccc2Br)nn1. The molecule has 2 aromatic rings. The molecule has 94 valence electrons. The molecule has 2 rings (SSSR count). The molecule has 0 aliphatic rings. The van der Waals surface area contributed by atoms with E-state index < -0.39 is 5.97 Å². The zero-order valence-electron chi connectivity index (χ0n) is 9.18. The average molecular weight is 375 g/mol. The van der Waals surface area contributed by atoms with E-state index in [1.54, 1.807) is 10.9 Å². The van der Waals surface area contributed by atoms with Gasteiger partial charge in [0.05, 0.1) is 24.0 Å².